The molecule has 0 aliphatic carbocycles. The van der Waals surface area contributed by atoms with Crippen molar-refractivity contribution < 1.29 is 19.2 Å². The largest absolute Gasteiger partial charge is 0.384 e. The molecular weight excluding hydrogens is 676 g/mol. The lowest BCUT2D eigenvalue weighted by atomic mass is 10.0. The fourth-order valence-electron chi connectivity index (χ4n) is 5.29. The predicted octanol–water partition coefficient (Wildman–Crippen LogP) is -0.366. The number of rotatable bonds is 21. The lowest BCUT2D eigenvalue weighted by Gasteiger charge is -2.25. The second-order valence-electron chi connectivity index (χ2n) is 12.3. The van der Waals surface area contributed by atoms with Crippen LogP contribution in [0.1, 0.15) is 47.9 Å². The first kappa shape index (κ1) is 41.0. The summed E-state index contributed by atoms with van der Waals surface area (Å²) in [4.78, 5) is 62.4. The van der Waals surface area contributed by atoms with Gasteiger partial charge in [0.2, 0.25) is 23.6 Å². The van der Waals surface area contributed by atoms with Crippen LogP contribution in [0.25, 0.3) is 0 Å². The van der Waals surface area contributed by atoms with E-state index < -0.39 is 35.8 Å². The Morgan fingerprint density at radius 2 is 1.08 bits per heavy atom. The topological polar surface area (TPSA) is 295 Å². The van der Waals surface area contributed by atoms with Crippen LogP contribution in [0.15, 0.2) is 94.9 Å². The van der Waals surface area contributed by atoms with E-state index in [-0.39, 0.29) is 69.0 Å². The van der Waals surface area contributed by atoms with Gasteiger partial charge in [-0.05, 0) is 42.4 Å². The molecule has 0 aliphatic rings. The third kappa shape index (κ3) is 15.5. The van der Waals surface area contributed by atoms with Gasteiger partial charge in [0.1, 0.15) is 24.0 Å². The van der Waals surface area contributed by atoms with Crippen LogP contribution >= 0.6 is 0 Å². The first-order chi connectivity index (χ1) is 25.4. The van der Waals surface area contributed by atoms with Gasteiger partial charge in [-0.15, -0.1) is 0 Å². The van der Waals surface area contributed by atoms with Gasteiger partial charge in [0.15, 0.2) is 11.9 Å². The summed E-state index contributed by atoms with van der Waals surface area (Å²) in [5.41, 5.74) is 30.2. The van der Waals surface area contributed by atoms with Gasteiger partial charge in [0.25, 0.3) is 0 Å². The highest BCUT2D eigenvalue weighted by atomic mass is 16.2. The van der Waals surface area contributed by atoms with E-state index in [0.29, 0.717) is 18.4 Å². The lowest BCUT2D eigenvalue weighted by Crippen LogP contribution is -2.57. The summed E-state index contributed by atoms with van der Waals surface area (Å²) in [5.74, 6) is -2.31. The minimum absolute atomic E-state index is 0.0456. The zero-order valence-electron chi connectivity index (χ0n) is 29.6. The van der Waals surface area contributed by atoms with Crippen LogP contribution in [0.2, 0.25) is 0 Å². The fraction of sp³-hybridized carbons (Fsp3) is 0.324. The molecule has 0 fully saturated rings. The van der Waals surface area contributed by atoms with Gasteiger partial charge in [0.05, 0.1) is 6.42 Å². The van der Waals surface area contributed by atoms with Crippen LogP contribution in [0, 0.1) is 5.41 Å². The Morgan fingerprint density at radius 3 is 1.60 bits per heavy atom. The number of amidine groups is 1. The molecule has 0 aromatic heterocycles. The van der Waals surface area contributed by atoms with Crippen LogP contribution in [0.3, 0.4) is 0 Å². The molecule has 0 radical (unpaired) electrons. The standard InChI is InChI=1S/C37H50N12O4/c38-32(39)27-17-15-26(16-18-27)23-46-33(51)28(13-7-19-44-36(40)41)48-35(53)30(21-24-9-3-1-4-10-24)49-34(52)29(14-8-20-45-37(42)43)47-31(50)22-25-11-5-2-6-12-25/h1-6,9-12,15-18,28-30H,7-8,13-14,19-23H2,(H3,38,39)(H,46,51)(H,47,50)(H,48,53)(H,49,52)(H4,40,41,44)(H4,42,43,45)/t28-,29-,30-/m0/s1. The number of aliphatic imine (C=N–C) groups is 2. The summed E-state index contributed by atoms with van der Waals surface area (Å²) in [6, 6.07) is 21.8. The summed E-state index contributed by atoms with van der Waals surface area (Å²) < 4.78 is 0. The number of hydrogen-bond acceptors (Lipinski definition) is 7. The van der Waals surface area contributed by atoms with Gasteiger partial charge in [-0.3, -0.25) is 34.6 Å². The van der Waals surface area contributed by atoms with Crippen molar-refractivity contribution in [1.29, 1.82) is 5.41 Å². The summed E-state index contributed by atoms with van der Waals surface area (Å²) in [6.07, 6.45) is 1.25. The van der Waals surface area contributed by atoms with Crippen molar-refractivity contribution >= 4 is 41.4 Å². The van der Waals surface area contributed by atoms with Crippen molar-refractivity contribution in [1.82, 2.24) is 21.3 Å². The van der Waals surface area contributed by atoms with Crippen LogP contribution in [0.5, 0.6) is 0 Å². The van der Waals surface area contributed by atoms with E-state index in [1.165, 1.54) is 0 Å². The Labute approximate surface area is 309 Å². The third-order valence-corrected chi connectivity index (χ3v) is 8.03. The number of hydrogen-bond donors (Lipinski definition) is 10. The fourth-order valence-corrected chi connectivity index (χ4v) is 5.29. The predicted molar refractivity (Wildman–Crippen MR) is 205 cm³/mol. The first-order valence-electron chi connectivity index (χ1n) is 17.2. The Balaban J connectivity index is 1.81. The molecule has 53 heavy (non-hydrogen) atoms. The van der Waals surface area contributed by atoms with Gasteiger partial charge in [0, 0.05) is 31.6 Å². The Bertz CT molecular complexity index is 1710. The molecule has 3 aromatic rings. The number of nitrogens with two attached hydrogens (primary N) is 5. The second-order valence-corrected chi connectivity index (χ2v) is 12.3. The van der Waals surface area contributed by atoms with Gasteiger partial charge in [-0.25, -0.2) is 0 Å². The lowest BCUT2D eigenvalue weighted by molar-refractivity contribution is -0.133. The van der Waals surface area contributed by atoms with Crippen molar-refractivity contribution in [3.8, 4) is 0 Å². The zero-order valence-corrected chi connectivity index (χ0v) is 29.6. The molecule has 0 bridgehead atoms. The van der Waals surface area contributed by atoms with Crippen molar-refractivity contribution in [2.45, 2.75) is 63.2 Å². The van der Waals surface area contributed by atoms with E-state index >= 15 is 0 Å². The van der Waals surface area contributed by atoms with E-state index in [0.717, 1.165) is 16.7 Å². The molecule has 282 valence electrons. The summed E-state index contributed by atoms with van der Waals surface area (Å²) in [6.45, 7) is 0.598. The molecule has 4 amide bonds. The van der Waals surface area contributed by atoms with Crippen molar-refractivity contribution in [3.63, 3.8) is 0 Å². The molecule has 0 saturated heterocycles. The quantitative estimate of drug-likeness (QED) is 0.0389. The molecule has 0 spiro atoms. The number of amides is 4. The first-order valence-corrected chi connectivity index (χ1v) is 17.2. The minimum atomic E-state index is -1.12. The maximum Gasteiger partial charge on any atom is 0.243 e. The molecule has 3 rings (SSSR count). The number of benzene rings is 3. The van der Waals surface area contributed by atoms with Gasteiger partial charge in [-0.2, -0.15) is 0 Å². The molecule has 0 saturated carbocycles. The highest BCUT2D eigenvalue weighted by Gasteiger charge is 2.30. The van der Waals surface area contributed by atoms with Crippen LogP contribution in [-0.2, 0) is 38.6 Å². The number of nitrogens with one attached hydrogen (secondary N) is 5. The number of carbonyl (C=O) groups is 4. The summed E-state index contributed by atoms with van der Waals surface area (Å²) in [5, 5.41) is 18.9. The van der Waals surface area contributed by atoms with Gasteiger partial charge in [-0.1, -0.05) is 84.9 Å². The van der Waals surface area contributed by atoms with Crippen LogP contribution < -0.4 is 49.9 Å². The van der Waals surface area contributed by atoms with Crippen molar-refractivity contribution in [2.24, 2.45) is 38.7 Å². The number of guanidine groups is 2. The molecule has 15 N–H and O–H groups in total. The second kappa shape index (κ2) is 21.7. The molecular formula is C37H50N12O4. The molecule has 16 heteroatoms. The zero-order chi connectivity index (χ0) is 38.6. The van der Waals surface area contributed by atoms with Gasteiger partial charge >= 0.3 is 0 Å². The number of nitrogen functional groups attached to an aromatic ring is 1. The molecule has 3 atom stereocenters. The Morgan fingerprint density at radius 1 is 0.585 bits per heavy atom. The molecule has 0 aliphatic heterocycles. The average Bonchev–Trinajstić information content (AvgIpc) is 3.13. The Hall–Kier alpha value is -6.45. The van der Waals surface area contributed by atoms with E-state index in [9.17, 15) is 19.2 Å². The van der Waals surface area contributed by atoms with Crippen LogP contribution in [0.4, 0.5) is 0 Å². The normalized spacial score (nSPS) is 12.2. The summed E-state index contributed by atoms with van der Waals surface area (Å²) in [7, 11) is 0. The molecule has 3 aromatic carbocycles. The maximum atomic E-state index is 14.0. The molecule has 0 heterocycles. The molecule has 0 unspecified atom stereocenters. The smallest absolute Gasteiger partial charge is 0.243 e. The van der Waals surface area contributed by atoms with E-state index in [4.69, 9.17) is 34.1 Å². The monoisotopic (exact) mass is 726 g/mol. The van der Waals surface area contributed by atoms with Crippen molar-refractivity contribution in [2.75, 3.05) is 13.1 Å². The SMILES string of the molecule is N=C(N)c1ccc(CNC(=O)[C@H](CCCN=C(N)N)NC(=O)[C@H](Cc2ccccc2)NC(=O)[C@H](CCCN=C(N)N)NC(=O)Cc2ccccc2)cc1. The van der Waals surface area contributed by atoms with E-state index in [1.807, 2.05) is 60.7 Å². The van der Waals surface area contributed by atoms with Gasteiger partial charge < -0.3 is 49.9 Å². The van der Waals surface area contributed by atoms with E-state index in [2.05, 4.69) is 31.3 Å². The van der Waals surface area contributed by atoms with Crippen molar-refractivity contribution in [3.05, 3.63) is 107 Å². The van der Waals surface area contributed by atoms with Crippen LogP contribution in [-0.4, -0.2) is 72.6 Å². The summed E-state index contributed by atoms with van der Waals surface area (Å²) >= 11 is 0. The minimum Gasteiger partial charge on any atom is -0.384 e. The Kier molecular flexibility index (Phi) is 16.8. The number of nitrogens with zero attached hydrogens (tertiary/aromatic N) is 2. The number of carbonyl (C=O) groups excluding carboxylic acids is 4. The third-order valence-electron chi connectivity index (χ3n) is 8.03. The maximum absolute atomic E-state index is 14.0. The average molecular weight is 727 g/mol. The molecule has 16 nitrogen and oxygen atoms in total. The highest BCUT2D eigenvalue weighted by Crippen LogP contribution is 2.09. The highest BCUT2D eigenvalue weighted by molar-refractivity contribution is 5.95. The van der Waals surface area contributed by atoms with E-state index in [1.54, 1.807) is 24.3 Å².